The molecular formula is C24H27N5O2S. The van der Waals surface area contributed by atoms with Crippen LogP contribution in [0, 0.1) is 12.8 Å². The van der Waals surface area contributed by atoms with Gasteiger partial charge in [0.15, 0.2) is 0 Å². The average Bonchev–Trinajstić information content (AvgIpc) is 3.54. The van der Waals surface area contributed by atoms with E-state index < -0.39 is 11.8 Å². The predicted molar refractivity (Wildman–Crippen MR) is 126 cm³/mol. The van der Waals surface area contributed by atoms with E-state index in [2.05, 4.69) is 40.4 Å². The molecule has 3 aromatic rings. The molecule has 2 amide bonds. The first-order valence-electron chi connectivity index (χ1n) is 11.1. The van der Waals surface area contributed by atoms with Crippen molar-refractivity contribution in [1.29, 1.82) is 0 Å². The van der Waals surface area contributed by atoms with E-state index in [1.54, 1.807) is 16.2 Å². The average molecular weight is 450 g/mol. The molecule has 0 spiro atoms. The lowest BCUT2D eigenvalue weighted by molar-refractivity contribution is -0.146. The summed E-state index contributed by atoms with van der Waals surface area (Å²) in [5.41, 5.74) is 9.41. The van der Waals surface area contributed by atoms with E-state index in [-0.39, 0.29) is 6.04 Å². The van der Waals surface area contributed by atoms with Crippen LogP contribution in [0.4, 0.5) is 11.5 Å². The van der Waals surface area contributed by atoms with Crippen LogP contribution in [0.3, 0.4) is 0 Å². The molecule has 0 unspecified atom stereocenters. The normalized spacial score (nSPS) is 21.0. The van der Waals surface area contributed by atoms with Gasteiger partial charge in [-0.15, -0.1) is 11.3 Å². The molecule has 5 rings (SSSR count). The number of carbonyl (C=O) groups is 2. The van der Waals surface area contributed by atoms with Gasteiger partial charge in [0.25, 0.3) is 0 Å². The van der Waals surface area contributed by atoms with Gasteiger partial charge >= 0.3 is 11.8 Å². The number of piperidine rings is 1. The molecule has 8 heteroatoms. The standard InChI is InChI=1S/C24H27N5O2S/c1-13-3-7-20(16-6-8-21-19(9-16)27-14(2)32-21)29(12-13)24(31)23(30)28-17-10-18(15-4-5-15)22(25)26-11-17/h6,8-11,13,15,20H,3-5,7,12H2,1-2H3,(H2,25,26)(H,28,30)/t13-,20+/m0/s1. The van der Waals surface area contributed by atoms with Crippen molar-refractivity contribution in [3.8, 4) is 0 Å². The molecular weight excluding hydrogens is 422 g/mol. The molecule has 1 aromatic carbocycles. The third kappa shape index (κ3) is 4.07. The Morgan fingerprint density at radius 1 is 1.19 bits per heavy atom. The zero-order valence-corrected chi connectivity index (χ0v) is 19.1. The number of anilines is 2. The van der Waals surface area contributed by atoms with E-state index in [0.717, 1.165) is 52.0 Å². The lowest BCUT2D eigenvalue weighted by Gasteiger charge is -2.38. The van der Waals surface area contributed by atoms with Crippen LogP contribution in [0.2, 0.25) is 0 Å². The Morgan fingerprint density at radius 2 is 2.00 bits per heavy atom. The SMILES string of the molecule is Cc1nc2cc([C@H]3CC[C@H](C)CN3C(=O)C(=O)Nc3cnc(N)c(C4CC4)c3)ccc2s1. The lowest BCUT2D eigenvalue weighted by Crippen LogP contribution is -2.46. The fourth-order valence-electron chi connectivity index (χ4n) is 4.59. The lowest BCUT2D eigenvalue weighted by atomic mass is 9.89. The summed E-state index contributed by atoms with van der Waals surface area (Å²) in [6.07, 6.45) is 5.51. The molecule has 32 heavy (non-hydrogen) atoms. The van der Waals surface area contributed by atoms with Crippen molar-refractivity contribution in [2.24, 2.45) is 5.92 Å². The minimum Gasteiger partial charge on any atom is -0.383 e. The highest BCUT2D eigenvalue weighted by atomic mass is 32.1. The van der Waals surface area contributed by atoms with Crippen molar-refractivity contribution in [3.05, 3.63) is 46.6 Å². The molecule has 166 valence electrons. The van der Waals surface area contributed by atoms with E-state index in [0.29, 0.717) is 29.9 Å². The highest BCUT2D eigenvalue weighted by Gasteiger charge is 2.35. The Kier molecular flexibility index (Phi) is 5.33. The van der Waals surface area contributed by atoms with Gasteiger partial charge in [-0.05, 0) is 73.8 Å². The van der Waals surface area contributed by atoms with Gasteiger partial charge in [0.2, 0.25) is 0 Å². The number of rotatable bonds is 3. The molecule has 7 nitrogen and oxygen atoms in total. The second kappa shape index (κ2) is 8.16. The minimum absolute atomic E-state index is 0.137. The van der Waals surface area contributed by atoms with Gasteiger partial charge in [0.05, 0.1) is 33.2 Å². The molecule has 1 saturated carbocycles. The van der Waals surface area contributed by atoms with Crippen molar-refractivity contribution in [2.45, 2.75) is 51.5 Å². The Hall–Kier alpha value is -3.00. The first-order valence-corrected chi connectivity index (χ1v) is 11.9. The molecule has 3 N–H and O–H groups in total. The monoisotopic (exact) mass is 449 g/mol. The molecule has 0 bridgehead atoms. The van der Waals surface area contributed by atoms with Gasteiger partial charge in [-0.2, -0.15) is 0 Å². The maximum atomic E-state index is 13.3. The molecule has 1 saturated heterocycles. The molecule has 2 aliphatic rings. The van der Waals surface area contributed by atoms with Gasteiger partial charge < -0.3 is 16.0 Å². The zero-order chi connectivity index (χ0) is 22.4. The van der Waals surface area contributed by atoms with E-state index in [1.807, 2.05) is 13.0 Å². The number of hydrogen-bond acceptors (Lipinski definition) is 6. The van der Waals surface area contributed by atoms with E-state index >= 15 is 0 Å². The largest absolute Gasteiger partial charge is 0.383 e. The number of nitrogens with one attached hydrogen (secondary N) is 1. The summed E-state index contributed by atoms with van der Waals surface area (Å²) in [5.74, 6) is 0.0952. The highest BCUT2D eigenvalue weighted by Crippen LogP contribution is 2.43. The third-order valence-electron chi connectivity index (χ3n) is 6.40. The Labute approximate surface area is 191 Å². The van der Waals surface area contributed by atoms with Crippen molar-refractivity contribution >= 4 is 44.9 Å². The molecule has 0 radical (unpaired) electrons. The van der Waals surface area contributed by atoms with Gasteiger partial charge in [0, 0.05) is 6.54 Å². The van der Waals surface area contributed by atoms with Gasteiger partial charge in [-0.3, -0.25) is 9.59 Å². The molecule has 1 aliphatic heterocycles. The number of hydrogen-bond donors (Lipinski definition) is 2. The Morgan fingerprint density at radius 3 is 2.78 bits per heavy atom. The van der Waals surface area contributed by atoms with Gasteiger partial charge in [0.1, 0.15) is 5.82 Å². The van der Waals surface area contributed by atoms with Crippen molar-refractivity contribution in [3.63, 3.8) is 0 Å². The summed E-state index contributed by atoms with van der Waals surface area (Å²) in [5, 5.41) is 3.77. The van der Waals surface area contributed by atoms with Crippen LogP contribution in [0.25, 0.3) is 10.2 Å². The maximum absolute atomic E-state index is 13.3. The van der Waals surface area contributed by atoms with Crippen molar-refractivity contribution < 1.29 is 9.59 Å². The fraction of sp³-hybridized carbons (Fsp3) is 0.417. The molecule has 2 fully saturated rings. The summed E-state index contributed by atoms with van der Waals surface area (Å²) in [6.45, 7) is 4.67. The topological polar surface area (TPSA) is 101 Å². The van der Waals surface area contributed by atoms with E-state index in [4.69, 9.17) is 5.73 Å². The summed E-state index contributed by atoms with van der Waals surface area (Å²) >= 11 is 1.66. The fourth-order valence-corrected chi connectivity index (χ4v) is 5.40. The van der Waals surface area contributed by atoms with Crippen molar-refractivity contribution in [2.75, 3.05) is 17.6 Å². The third-order valence-corrected chi connectivity index (χ3v) is 7.35. The molecule has 3 heterocycles. The Balaban J connectivity index is 1.38. The first-order chi connectivity index (χ1) is 15.4. The number of likely N-dealkylation sites (tertiary alicyclic amines) is 1. The summed E-state index contributed by atoms with van der Waals surface area (Å²) < 4.78 is 1.13. The number of aromatic nitrogens is 2. The zero-order valence-electron chi connectivity index (χ0n) is 18.3. The number of nitrogens with zero attached hydrogens (tertiary/aromatic N) is 3. The smallest absolute Gasteiger partial charge is 0.313 e. The van der Waals surface area contributed by atoms with E-state index in [9.17, 15) is 9.59 Å². The van der Waals surface area contributed by atoms with E-state index in [1.165, 1.54) is 6.20 Å². The maximum Gasteiger partial charge on any atom is 0.313 e. The van der Waals surface area contributed by atoms with Gasteiger partial charge in [-0.1, -0.05) is 13.0 Å². The molecule has 1 aliphatic carbocycles. The van der Waals surface area contributed by atoms with Crippen LogP contribution >= 0.6 is 11.3 Å². The van der Waals surface area contributed by atoms with Crippen LogP contribution in [-0.4, -0.2) is 33.2 Å². The first kappa shape index (κ1) is 20.9. The Bertz CT molecular complexity index is 1200. The number of nitrogens with two attached hydrogens (primary N) is 1. The van der Waals surface area contributed by atoms with Crippen molar-refractivity contribution in [1.82, 2.24) is 14.9 Å². The summed E-state index contributed by atoms with van der Waals surface area (Å²) in [6, 6.07) is 7.89. The van der Waals surface area contributed by atoms with Crippen LogP contribution in [0.1, 0.15) is 60.7 Å². The molecule has 2 aromatic heterocycles. The number of benzene rings is 1. The van der Waals surface area contributed by atoms with Crippen LogP contribution in [0.5, 0.6) is 0 Å². The number of carbonyl (C=O) groups excluding carboxylic acids is 2. The highest BCUT2D eigenvalue weighted by molar-refractivity contribution is 7.18. The number of thiazole rings is 1. The second-order valence-corrected chi connectivity index (χ2v) is 10.3. The summed E-state index contributed by atoms with van der Waals surface area (Å²) in [4.78, 5) is 36.7. The van der Waals surface area contributed by atoms with Crippen LogP contribution in [-0.2, 0) is 9.59 Å². The predicted octanol–water partition coefficient (Wildman–Crippen LogP) is 4.40. The summed E-state index contributed by atoms with van der Waals surface area (Å²) in [7, 11) is 0. The number of pyridine rings is 1. The number of amides is 2. The van der Waals surface area contributed by atoms with Crippen LogP contribution in [0.15, 0.2) is 30.5 Å². The number of nitrogen functional groups attached to an aromatic ring is 1. The second-order valence-electron chi connectivity index (χ2n) is 9.04. The molecule has 2 atom stereocenters. The van der Waals surface area contributed by atoms with Crippen LogP contribution < -0.4 is 11.1 Å². The number of fused-ring (bicyclic) bond motifs is 1. The minimum atomic E-state index is -0.636. The quantitative estimate of drug-likeness (QED) is 0.577. The van der Waals surface area contributed by atoms with Gasteiger partial charge in [-0.25, -0.2) is 9.97 Å². The number of aryl methyl sites for hydroxylation is 1.